The van der Waals surface area contributed by atoms with Crippen LogP contribution in [0.2, 0.25) is 5.15 Å². The van der Waals surface area contributed by atoms with Crippen molar-refractivity contribution in [1.29, 1.82) is 0 Å². The van der Waals surface area contributed by atoms with Gasteiger partial charge in [-0.05, 0) is 55.0 Å². The van der Waals surface area contributed by atoms with Gasteiger partial charge in [0, 0.05) is 23.8 Å². The maximum Gasteiger partial charge on any atom is 0.246 e. The molecule has 0 spiro atoms. The monoisotopic (exact) mass is 381 g/mol. The molecule has 0 aromatic carbocycles. The number of hydrogen-bond donors (Lipinski definition) is 0. The van der Waals surface area contributed by atoms with Gasteiger partial charge in [0.15, 0.2) is 0 Å². The standard InChI is InChI=1S/C12H17BrClN3O2S/c1-16-5-3-10(4-6-16)17(2)20(18,19)11-7-9(13)8-15-12(11)14/h7-8,10H,3-6H2,1-2H3. The van der Waals surface area contributed by atoms with Crippen LogP contribution in [-0.4, -0.2) is 55.8 Å². The number of aromatic nitrogens is 1. The third-order valence-corrected chi connectivity index (χ3v) is 6.40. The Morgan fingerprint density at radius 1 is 1.45 bits per heavy atom. The van der Waals surface area contributed by atoms with Crippen LogP contribution in [0.3, 0.4) is 0 Å². The lowest BCUT2D eigenvalue weighted by atomic mass is 10.1. The fraction of sp³-hybridized carbons (Fsp3) is 0.583. The number of likely N-dealkylation sites (tertiary alicyclic amines) is 1. The van der Waals surface area contributed by atoms with E-state index in [9.17, 15) is 8.42 Å². The predicted molar refractivity (Wildman–Crippen MR) is 82.4 cm³/mol. The van der Waals surface area contributed by atoms with Gasteiger partial charge in [-0.2, -0.15) is 4.31 Å². The van der Waals surface area contributed by atoms with E-state index in [2.05, 4.69) is 25.8 Å². The topological polar surface area (TPSA) is 53.5 Å². The number of halogens is 2. The number of hydrogen-bond acceptors (Lipinski definition) is 4. The summed E-state index contributed by atoms with van der Waals surface area (Å²) in [5.74, 6) is 0. The second kappa shape index (κ2) is 6.27. The fourth-order valence-electron chi connectivity index (χ4n) is 2.29. The highest BCUT2D eigenvalue weighted by molar-refractivity contribution is 9.10. The van der Waals surface area contributed by atoms with E-state index < -0.39 is 10.0 Å². The Kier molecular flexibility index (Phi) is 5.07. The summed E-state index contributed by atoms with van der Waals surface area (Å²) in [6, 6.07) is 1.50. The molecule has 1 fully saturated rings. The van der Waals surface area contributed by atoms with Crippen molar-refractivity contribution in [2.45, 2.75) is 23.8 Å². The first-order chi connectivity index (χ1) is 9.32. The van der Waals surface area contributed by atoms with Crippen LogP contribution in [0.15, 0.2) is 21.6 Å². The lowest BCUT2D eigenvalue weighted by Gasteiger charge is -2.34. The van der Waals surface area contributed by atoms with Crippen LogP contribution in [0.25, 0.3) is 0 Å². The molecule has 0 radical (unpaired) electrons. The number of pyridine rings is 1. The molecule has 1 aromatic rings. The summed E-state index contributed by atoms with van der Waals surface area (Å²) in [6.07, 6.45) is 3.13. The summed E-state index contributed by atoms with van der Waals surface area (Å²) in [5, 5.41) is 0.00739. The average Bonchev–Trinajstić information content (AvgIpc) is 2.41. The predicted octanol–water partition coefficient (Wildman–Crippen LogP) is 2.21. The molecule has 0 amide bonds. The highest BCUT2D eigenvalue weighted by Gasteiger charge is 2.32. The van der Waals surface area contributed by atoms with Crippen LogP contribution in [0.5, 0.6) is 0 Å². The third-order valence-electron chi connectivity index (χ3n) is 3.63. The van der Waals surface area contributed by atoms with Crippen molar-refractivity contribution in [1.82, 2.24) is 14.2 Å². The lowest BCUT2D eigenvalue weighted by Crippen LogP contribution is -2.44. The smallest absolute Gasteiger partial charge is 0.246 e. The van der Waals surface area contributed by atoms with Crippen LogP contribution in [0.1, 0.15) is 12.8 Å². The van der Waals surface area contributed by atoms with E-state index in [0.717, 1.165) is 25.9 Å². The summed E-state index contributed by atoms with van der Waals surface area (Å²) < 4.78 is 27.3. The van der Waals surface area contributed by atoms with Gasteiger partial charge in [0.25, 0.3) is 0 Å². The Hall–Kier alpha value is -0.210. The van der Waals surface area contributed by atoms with Crippen molar-refractivity contribution in [3.8, 4) is 0 Å². The van der Waals surface area contributed by atoms with E-state index >= 15 is 0 Å². The summed E-state index contributed by atoms with van der Waals surface area (Å²) in [7, 11) is 0.0362. The van der Waals surface area contributed by atoms with E-state index in [-0.39, 0.29) is 16.1 Å². The molecule has 1 aliphatic heterocycles. The first-order valence-corrected chi connectivity index (χ1v) is 8.91. The van der Waals surface area contributed by atoms with E-state index in [0.29, 0.717) is 4.47 Å². The first kappa shape index (κ1) is 16.2. The van der Waals surface area contributed by atoms with Gasteiger partial charge in [-0.3, -0.25) is 0 Å². The zero-order valence-corrected chi connectivity index (χ0v) is 14.5. The molecule has 0 N–H and O–H groups in total. The Morgan fingerprint density at radius 3 is 2.65 bits per heavy atom. The molecule has 2 heterocycles. The van der Waals surface area contributed by atoms with E-state index in [1.54, 1.807) is 7.05 Å². The SMILES string of the molecule is CN1CCC(N(C)S(=O)(=O)c2cc(Br)cnc2Cl)CC1. The molecule has 1 aliphatic rings. The molecule has 1 saturated heterocycles. The van der Waals surface area contributed by atoms with E-state index in [1.165, 1.54) is 16.6 Å². The van der Waals surface area contributed by atoms with Crippen LogP contribution < -0.4 is 0 Å². The first-order valence-electron chi connectivity index (χ1n) is 6.30. The Balaban J connectivity index is 2.27. The zero-order valence-electron chi connectivity index (χ0n) is 11.4. The summed E-state index contributed by atoms with van der Waals surface area (Å²) >= 11 is 9.17. The lowest BCUT2D eigenvalue weighted by molar-refractivity contribution is 0.197. The van der Waals surface area contributed by atoms with Gasteiger partial charge in [-0.1, -0.05) is 11.6 Å². The largest absolute Gasteiger partial charge is 0.306 e. The van der Waals surface area contributed by atoms with Crippen LogP contribution in [0.4, 0.5) is 0 Å². The number of nitrogens with zero attached hydrogens (tertiary/aromatic N) is 3. The maximum absolute atomic E-state index is 12.7. The van der Waals surface area contributed by atoms with Crippen molar-refractivity contribution in [2.24, 2.45) is 0 Å². The minimum atomic E-state index is -3.62. The summed E-state index contributed by atoms with van der Waals surface area (Å²) in [5.41, 5.74) is 0. The molecular formula is C12H17BrClN3O2S. The maximum atomic E-state index is 12.7. The van der Waals surface area contributed by atoms with Gasteiger partial charge in [-0.15, -0.1) is 0 Å². The minimum Gasteiger partial charge on any atom is -0.306 e. The van der Waals surface area contributed by atoms with Gasteiger partial charge < -0.3 is 4.90 Å². The molecule has 0 unspecified atom stereocenters. The van der Waals surface area contributed by atoms with E-state index in [4.69, 9.17) is 11.6 Å². The molecule has 0 bridgehead atoms. The number of piperidine rings is 1. The van der Waals surface area contributed by atoms with Crippen molar-refractivity contribution in [3.05, 3.63) is 21.9 Å². The molecule has 0 atom stereocenters. The normalized spacial score (nSPS) is 18.6. The van der Waals surface area contributed by atoms with Crippen LogP contribution in [-0.2, 0) is 10.0 Å². The molecule has 5 nitrogen and oxygen atoms in total. The Morgan fingerprint density at radius 2 is 2.05 bits per heavy atom. The Labute approximate surface area is 133 Å². The molecule has 0 aliphatic carbocycles. The van der Waals surface area contributed by atoms with E-state index in [1.807, 2.05) is 7.05 Å². The van der Waals surface area contributed by atoms with Crippen molar-refractivity contribution in [3.63, 3.8) is 0 Å². The van der Waals surface area contributed by atoms with Gasteiger partial charge in [0.2, 0.25) is 10.0 Å². The quantitative estimate of drug-likeness (QED) is 0.752. The molecule has 0 saturated carbocycles. The molecule has 8 heteroatoms. The highest BCUT2D eigenvalue weighted by atomic mass is 79.9. The highest BCUT2D eigenvalue weighted by Crippen LogP contribution is 2.28. The molecule has 1 aromatic heterocycles. The number of sulfonamides is 1. The van der Waals surface area contributed by atoms with Gasteiger partial charge >= 0.3 is 0 Å². The minimum absolute atomic E-state index is 0.00579. The third kappa shape index (κ3) is 3.33. The second-order valence-electron chi connectivity index (χ2n) is 5.00. The van der Waals surface area contributed by atoms with Gasteiger partial charge in [-0.25, -0.2) is 13.4 Å². The number of rotatable bonds is 3. The molecular weight excluding hydrogens is 366 g/mol. The van der Waals surface area contributed by atoms with Gasteiger partial charge in [0.05, 0.1) is 0 Å². The fourth-order valence-corrected chi connectivity index (χ4v) is 4.63. The van der Waals surface area contributed by atoms with Crippen molar-refractivity contribution >= 4 is 37.6 Å². The second-order valence-corrected chi connectivity index (χ2v) is 8.24. The molecule has 20 heavy (non-hydrogen) atoms. The molecule has 112 valence electrons. The van der Waals surface area contributed by atoms with Crippen molar-refractivity contribution in [2.75, 3.05) is 27.2 Å². The van der Waals surface area contributed by atoms with Crippen LogP contribution in [0, 0.1) is 0 Å². The van der Waals surface area contributed by atoms with Crippen LogP contribution >= 0.6 is 27.5 Å². The average molecular weight is 383 g/mol. The Bertz CT molecular complexity index is 588. The molecule has 2 rings (SSSR count). The van der Waals surface area contributed by atoms with Crippen molar-refractivity contribution < 1.29 is 8.42 Å². The van der Waals surface area contributed by atoms with Gasteiger partial charge in [0.1, 0.15) is 10.0 Å². The summed E-state index contributed by atoms with van der Waals surface area (Å²) in [4.78, 5) is 6.14. The zero-order chi connectivity index (χ0) is 14.9. The summed E-state index contributed by atoms with van der Waals surface area (Å²) in [6.45, 7) is 1.80.